The van der Waals surface area contributed by atoms with Gasteiger partial charge in [-0.2, -0.15) is 0 Å². The number of hydrogen-bond acceptors (Lipinski definition) is 4. The lowest BCUT2D eigenvalue weighted by molar-refractivity contribution is -0.117. The Kier molecular flexibility index (Phi) is 5.79. The first kappa shape index (κ1) is 19.7. The number of aryl methyl sites for hydroxylation is 1. The van der Waals surface area contributed by atoms with Gasteiger partial charge in [-0.3, -0.25) is 4.79 Å². The van der Waals surface area contributed by atoms with Crippen molar-refractivity contribution in [3.63, 3.8) is 0 Å². The number of nitrogens with one attached hydrogen (secondary N) is 3. The van der Waals surface area contributed by atoms with Crippen LogP contribution >= 0.6 is 0 Å². The van der Waals surface area contributed by atoms with Gasteiger partial charge in [0.1, 0.15) is 6.26 Å². The van der Waals surface area contributed by atoms with Gasteiger partial charge in [-0.1, -0.05) is 23.8 Å². The summed E-state index contributed by atoms with van der Waals surface area (Å²) in [6, 6.07) is 14.8. The summed E-state index contributed by atoms with van der Waals surface area (Å²) in [5.74, 6) is 0.738. The van der Waals surface area contributed by atoms with Crippen molar-refractivity contribution in [1.82, 2.24) is 10.3 Å². The molecule has 0 radical (unpaired) electrons. The van der Waals surface area contributed by atoms with E-state index in [2.05, 4.69) is 20.9 Å². The van der Waals surface area contributed by atoms with Crippen LogP contribution in [0, 0.1) is 12.8 Å². The highest BCUT2D eigenvalue weighted by atomic mass is 16.3. The Morgan fingerprint density at radius 2 is 1.80 bits per heavy atom. The zero-order valence-corrected chi connectivity index (χ0v) is 16.8. The van der Waals surface area contributed by atoms with Gasteiger partial charge in [-0.25, -0.2) is 9.78 Å². The molecule has 7 heteroatoms. The molecule has 3 N–H and O–H groups in total. The molecule has 1 aliphatic rings. The lowest BCUT2D eigenvalue weighted by Gasteiger charge is -2.09. The van der Waals surface area contributed by atoms with Gasteiger partial charge in [0, 0.05) is 35.8 Å². The van der Waals surface area contributed by atoms with E-state index in [0.717, 1.165) is 24.1 Å². The van der Waals surface area contributed by atoms with Gasteiger partial charge >= 0.3 is 6.03 Å². The van der Waals surface area contributed by atoms with E-state index in [1.54, 1.807) is 30.5 Å². The number of amides is 3. The van der Waals surface area contributed by atoms with Crippen LogP contribution in [0.2, 0.25) is 0 Å². The van der Waals surface area contributed by atoms with Crippen LogP contribution in [0.4, 0.5) is 16.2 Å². The molecule has 30 heavy (non-hydrogen) atoms. The van der Waals surface area contributed by atoms with E-state index in [-0.39, 0.29) is 17.9 Å². The van der Waals surface area contributed by atoms with Crippen LogP contribution in [0.5, 0.6) is 0 Å². The third-order valence-electron chi connectivity index (χ3n) is 4.85. The Labute approximate surface area is 174 Å². The number of benzene rings is 2. The molecule has 0 saturated heterocycles. The zero-order valence-electron chi connectivity index (χ0n) is 16.8. The van der Waals surface area contributed by atoms with Gasteiger partial charge < -0.3 is 20.4 Å². The van der Waals surface area contributed by atoms with Crippen LogP contribution in [0.3, 0.4) is 0 Å². The molecule has 1 aromatic heterocycles. The topological polar surface area (TPSA) is 96.3 Å². The van der Waals surface area contributed by atoms with Crippen molar-refractivity contribution in [2.75, 3.05) is 17.2 Å². The van der Waals surface area contributed by atoms with Gasteiger partial charge in [0.25, 0.3) is 0 Å². The number of carbonyl (C=O) groups excluding carboxylic acids is 2. The number of hydrogen-bond donors (Lipinski definition) is 3. The van der Waals surface area contributed by atoms with E-state index in [1.807, 2.05) is 31.2 Å². The lowest BCUT2D eigenvalue weighted by atomic mass is 10.1. The number of nitrogens with zero attached hydrogens (tertiary/aromatic N) is 1. The first-order valence-corrected chi connectivity index (χ1v) is 10.0. The van der Waals surface area contributed by atoms with E-state index in [0.29, 0.717) is 30.2 Å². The van der Waals surface area contributed by atoms with Crippen molar-refractivity contribution < 1.29 is 14.0 Å². The molecule has 3 aromatic rings. The van der Waals surface area contributed by atoms with Crippen molar-refractivity contribution in [3.8, 4) is 11.5 Å². The second kappa shape index (κ2) is 8.82. The highest BCUT2D eigenvalue weighted by Crippen LogP contribution is 2.30. The molecule has 0 bridgehead atoms. The minimum atomic E-state index is -0.317. The second-order valence-electron chi connectivity index (χ2n) is 7.49. The molecule has 4 rings (SSSR count). The minimum Gasteiger partial charge on any atom is -0.444 e. The van der Waals surface area contributed by atoms with Gasteiger partial charge in [0.2, 0.25) is 11.8 Å². The minimum absolute atomic E-state index is 0.0363. The highest BCUT2D eigenvalue weighted by molar-refractivity contribution is 5.95. The van der Waals surface area contributed by atoms with Crippen LogP contribution in [0.15, 0.2) is 59.2 Å². The van der Waals surface area contributed by atoms with Gasteiger partial charge in [0.05, 0.1) is 5.69 Å². The summed E-state index contributed by atoms with van der Waals surface area (Å²) in [7, 11) is 0. The molecule has 1 fully saturated rings. The summed E-state index contributed by atoms with van der Waals surface area (Å²) in [6.45, 7) is 2.45. The summed E-state index contributed by atoms with van der Waals surface area (Å²) in [5.41, 5.74) is 4.17. The highest BCUT2D eigenvalue weighted by Gasteiger charge is 2.29. The molecular weight excluding hydrogens is 380 g/mol. The fraction of sp³-hybridized carbons (Fsp3) is 0.261. The molecule has 1 heterocycles. The molecule has 1 saturated carbocycles. The maximum Gasteiger partial charge on any atom is 0.319 e. The van der Waals surface area contributed by atoms with Crippen LogP contribution < -0.4 is 16.0 Å². The average molecular weight is 404 g/mol. The fourth-order valence-electron chi connectivity index (χ4n) is 2.99. The average Bonchev–Trinajstić information content (AvgIpc) is 3.48. The number of anilines is 2. The van der Waals surface area contributed by atoms with E-state index in [9.17, 15) is 9.59 Å². The Morgan fingerprint density at radius 1 is 1.07 bits per heavy atom. The Hall–Kier alpha value is -3.61. The third-order valence-corrected chi connectivity index (χ3v) is 4.85. The van der Waals surface area contributed by atoms with Crippen LogP contribution in [0.25, 0.3) is 11.5 Å². The molecular formula is C23H24N4O3. The summed E-state index contributed by atoms with van der Waals surface area (Å²) >= 11 is 0. The molecule has 0 unspecified atom stereocenters. The molecule has 3 amide bonds. The molecule has 2 aromatic carbocycles. The molecule has 1 aliphatic carbocycles. The summed E-state index contributed by atoms with van der Waals surface area (Å²) in [5, 5.41) is 8.46. The maximum absolute atomic E-state index is 12.2. The van der Waals surface area contributed by atoms with E-state index in [1.165, 1.54) is 5.56 Å². The fourth-order valence-corrected chi connectivity index (χ4v) is 2.99. The summed E-state index contributed by atoms with van der Waals surface area (Å²) in [4.78, 5) is 28.5. The third kappa shape index (κ3) is 5.26. The Balaban J connectivity index is 1.24. The van der Waals surface area contributed by atoms with Crippen molar-refractivity contribution in [2.24, 2.45) is 5.92 Å². The molecule has 0 aliphatic heterocycles. The van der Waals surface area contributed by atoms with Gasteiger partial charge in [-0.05, 0) is 50.1 Å². The number of rotatable bonds is 7. The Morgan fingerprint density at radius 3 is 2.53 bits per heavy atom. The lowest BCUT2D eigenvalue weighted by Crippen LogP contribution is -2.30. The van der Waals surface area contributed by atoms with Crippen molar-refractivity contribution in [2.45, 2.75) is 26.2 Å². The number of oxazole rings is 1. The van der Waals surface area contributed by atoms with Gasteiger partial charge in [0.15, 0.2) is 0 Å². The predicted octanol–water partition coefficient (Wildman–Crippen LogP) is 4.36. The molecule has 0 spiro atoms. The first-order chi connectivity index (χ1) is 14.6. The van der Waals surface area contributed by atoms with Crippen LogP contribution in [-0.2, 0) is 11.2 Å². The maximum atomic E-state index is 12.2. The normalized spacial score (nSPS) is 13.0. The van der Waals surface area contributed by atoms with E-state index in [4.69, 9.17) is 4.42 Å². The van der Waals surface area contributed by atoms with Gasteiger partial charge in [-0.15, -0.1) is 0 Å². The van der Waals surface area contributed by atoms with E-state index >= 15 is 0 Å². The molecule has 0 atom stereocenters. The van der Waals surface area contributed by atoms with Crippen LogP contribution in [0.1, 0.15) is 24.1 Å². The SMILES string of the molecule is Cc1ccc(-c2nc(CCNC(=O)Nc3cccc(NC(=O)C4CC4)c3)co2)cc1. The molecule has 154 valence electrons. The first-order valence-electron chi connectivity index (χ1n) is 10.0. The number of urea groups is 1. The smallest absolute Gasteiger partial charge is 0.319 e. The summed E-state index contributed by atoms with van der Waals surface area (Å²) in [6.07, 6.45) is 4.06. The predicted molar refractivity (Wildman–Crippen MR) is 115 cm³/mol. The number of carbonyl (C=O) groups is 2. The quantitative estimate of drug-likeness (QED) is 0.545. The largest absolute Gasteiger partial charge is 0.444 e. The standard InChI is InChI=1S/C23H24N4O3/c1-15-5-7-17(8-6-15)22-26-20(14-30-22)11-12-24-23(29)27-19-4-2-3-18(13-19)25-21(28)16-9-10-16/h2-8,13-14,16H,9-12H2,1H3,(H,25,28)(H2,24,27,29). The second-order valence-corrected chi connectivity index (χ2v) is 7.49. The Bertz CT molecular complexity index is 1040. The van der Waals surface area contributed by atoms with Crippen molar-refractivity contribution >= 4 is 23.3 Å². The van der Waals surface area contributed by atoms with Crippen LogP contribution in [-0.4, -0.2) is 23.5 Å². The van der Waals surface area contributed by atoms with E-state index < -0.39 is 0 Å². The van der Waals surface area contributed by atoms with Crippen molar-refractivity contribution in [1.29, 1.82) is 0 Å². The molecule has 7 nitrogen and oxygen atoms in total. The monoisotopic (exact) mass is 404 g/mol. The number of aromatic nitrogens is 1. The van der Waals surface area contributed by atoms with Crippen molar-refractivity contribution in [3.05, 3.63) is 66.1 Å². The summed E-state index contributed by atoms with van der Waals surface area (Å²) < 4.78 is 5.54. The zero-order chi connectivity index (χ0) is 20.9.